The fourth-order valence-electron chi connectivity index (χ4n) is 2.23. The van der Waals surface area contributed by atoms with E-state index in [0.717, 1.165) is 16.9 Å². The average Bonchev–Trinajstić information content (AvgIpc) is 2.69. The third-order valence-corrected chi connectivity index (χ3v) is 3.71. The summed E-state index contributed by atoms with van der Waals surface area (Å²) in [6, 6.07) is 19.1. The minimum Gasteiger partial charge on any atom is -0.489 e. The Hall–Kier alpha value is -3.47. The monoisotopic (exact) mass is 345 g/mol. The number of hydrazone groups is 1. The minimum atomic E-state index is -0.299. The molecule has 5 nitrogen and oxygen atoms in total. The zero-order valence-corrected chi connectivity index (χ0v) is 14.4. The van der Waals surface area contributed by atoms with E-state index in [1.54, 1.807) is 24.5 Å². The molecule has 1 N–H and O–H groups in total. The van der Waals surface area contributed by atoms with Crippen molar-refractivity contribution in [1.82, 2.24) is 10.4 Å². The predicted octanol–water partition coefficient (Wildman–Crippen LogP) is 3.73. The van der Waals surface area contributed by atoms with Gasteiger partial charge in [-0.1, -0.05) is 29.8 Å². The molecule has 0 saturated carbocycles. The third kappa shape index (κ3) is 5.01. The lowest BCUT2D eigenvalue weighted by atomic mass is 10.2. The zero-order valence-electron chi connectivity index (χ0n) is 14.4. The van der Waals surface area contributed by atoms with Crippen LogP contribution in [0.1, 0.15) is 27.0 Å². The number of rotatable bonds is 6. The quantitative estimate of drug-likeness (QED) is 0.547. The lowest BCUT2D eigenvalue weighted by Gasteiger charge is -2.06. The van der Waals surface area contributed by atoms with Crippen LogP contribution in [0.4, 0.5) is 0 Å². The Kier molecular flexibility index (Phi) is 5.72. The van der Waals surface area contributed by atoms with Gasteiger partial charge in [0.2, 0.25) is 0 Å². The van der Waals surface area contributed by atoms with Gasteiger partial charge in [0.25, 0.3) is 5.91 Å². The van der Waals surface area contributed by atoms with Gasteiger partial charge in [0.1, 0.15) is 12.4 Å². The van der Waals surface area contributed by atoms with Gasteiger partial charge in [-0.3, -0.25) is 9.78 Å². The Balaban J connectivity index is 1.51. The normalized spacial score (nSPS) is 10.7. The second-order valence-electron chi connectivity index (χ2n) is 5.78. The van der Waals surface area contributed by atoms with Crippen molar-refractivity contribution < 1.29 is 9.53 Å². The molecular weight excluding hydrogens is 326 g/mol. The molecule has 0 radical (unpaired) electrons. The lowest BCUT2D eigenvalue weighted by molar-refractivity contribution is 0.0955. The first-order valence-electron chi connectivity index (χ1n) is 8.22. The first kappa shape index (κ1) is 17.4. The molecule has 0 aliphatic rings. The third-order valence-electron chi connectivity index (χ3n) is 3.71. The number of nitrogens with zero attached hydrogens (tertiary/aromatic N) is 2. The summed E-state index contributed by atoms with van der Waals surface area (Å²) >= 11 is 0. The lowest BCUT2D eigenvalue weighted by Crippen LogP contribution is -2.17. The Morgan fingerprint density at radius 1 is 1.12 bits per heavy atom. The number of carbonyl (C=O) groups is 1. The zero-order chi connectivity index (χ0) is 18.2. The fourth-order valence-corrected chi connectivity index (χ4v) is 2.23. The van der Waals surface area contributed by atoms with E-state index in [2.05, 4.69) is 46.7 Å². The molecule has 1 aromatic heterocycles. The molecule has 0 saturated heterocycles. The molecule has 2 aromatic carbocycles. The van der Waals surface area contributed by atoms with Gasteiger partial charge >= 0.3 is 0 Å². The van der Waals surface area contributed by atoms with Crippen LogP contribution < -0.4 is 10.2 Å². The number of aryl methyl sites for hydroxylation is 1. The minimum absolute atomic E-state index is 0.299. The molecule has 0 fully saturated rings. The summed E-state index contributed by atoms with van der Waals surface area (Å²) in [5.41, 5.74) is 6.15. The Bertz CT molecular complexity index is 873. The van der Waals surface area contributed by atoms with E-state index in [0.29, 0.717) is 12.2 Å². The topological polar surface area (TPSA) is 63.6 Å². The molecule has 0 aliphatic heterocycles. The van der Waals surface area contributed by atoms with E-state index in [4.69, 9.17) is 4.74 Å². The van der Waals surface area contributed by atoms with Gasteiger partial charge in [0.15, 0.2) is 0 Å². The first-order valence-corrected chi connectivity index (χ1v) is 8.22. The van der Waals surface area contributed by atoms with Crippen molar-refractivity contribution in [2.45, 2.75) is 13.5 Å². The molecule has 3 rings (SSSR count). The van der Waals surface area contributed by atoms with Crippen LogP contribution in [-0.2, 0) is 6.61 Å². The van der Waals surface area contributed by atoms with Gasteiger partial charge < -0.3 is 4.74 Å². The molecule has 0 bridgehead atoms. The molecule has 0 aliphatic carbocycles. The molecular formula is C21H19N3O2. The second kappa shape index (κ2) is 8.58. The molecule has 3 aromatic rings. The number of nitrogens with one attached hydrogen (secondary N) is 1. The number of amides is 1. The number of hydrogen-bond donors (Lipinski definition) is 1. The maximum absolute atomic E-state index is 11.8. The highest BCUT2D eigenvalue weighted by Gasteiger charge is 2.02. The molecule has 130 valence electrons. The smallest absolute Gasteiger partial charge is 0.272 e. The van der Waals surface area contributed by atoms with Crippen LogP contribution >= 0.6 is 0 Å². The number of carbonyl (C=O) groups excluding carboxylic acids is 1. The van der Waals surface area contributed by atoms with Crippen LogP contribution in [0.3, 0.4) is 0 Å². The summed E-state index contributed by atoms with van der Waals surface area (Å²) in [5.74, 6) is 0.481. The number of pyridine rings is 1. The van der Waals surface area contributed by atoms with Crippen LogP contribution in [0, 0.1) is 6.92 Å². The van der Waals surface area contributed by atoms with Crippen molar-refractivity contribution in [3.05, 3.63) is 95.3 Å². The van der Waals surface area contributed by atoms with E-state index < -0.39 is 0 Å². The van der Waals surface area contributed by atoms with Crippen LogP contribution in [0.25, 0.3) is 0 Å². The number of ether oxygens (including phenoxy) is 1. The van der Waals surface area contributed by atoms with Crippen LogP contribution in [0.15, 0.2) is 78.2 Å². The predicted molar refractivity (Wildman–Crippen MR) is 101 cm³/mol. The van der Waals surface area contributed by atoms with Crippen molar-refractivity contribution in [1.29, 1.82) is 0 Å². The highest BCUT2D eigenvalue weighted by Crippen LogP contribution is 2.14. The van der Waals surface area contributed by atoms with Crippen molar-refractivity contribution in [2.24, 2.45) is 5.10 Å². The summed E-state index contributed by atoms with van der Waals surface area (Å²) in [4.78, 5) is 15.7. The first-order chi connectivity index (χ1) is 12.7. The molecule has 0 atom stereocenters. The Morgan fingerprint density at radius 3 is 2.58 bits per heavy atom. The van der Waals surface area contributed by atoms with Gasteiger partial charge in [-0.15, -0.1) is 0 Å². The second-order valence-corrected chi connectivity index (χ2v) is 5.78. The van der Waals surface area contributed by atoms with Gasteiger partial charge in [-0.2, -0.15) is 5.10 Å². The fraction of sp³-hybridized carbons (Fsp3) is 0.0952. The van der Waals surface area contributed by atoms with E-state index in [1.807, 2.05) is 24.3 Å². The highest BCUT2D eigenvalue weighted by atomic mass is 16.5. The number of hydrogen-bond acceptors (Lipinski definition) is 4. The maximum Gasteiger partial charge on any atom is 0.272 e. The standard InChI is InChI=1S/C21H19N3O2/c1-16-4-6-18(7-5-16)15-26-20-10-8-17(9-11-20)13-23-24-21(25)19-3-2-12-22-14-19/h2-14H,15H2,1H3,(H,24,25)/b23-13-. The Labute approximate surface area is 152 Å². The summed E-state index contributed by atoms with van der Waals surface area (Å²) in [7, 11) is 0. The number of aromatic nitrogens is 1. The molecule has 0 spiro atoms. The molecule has 0 unspecified atom stereocenters. The van der Waals surface area contributed by atoms with E-state index >= 15 is 0 Å². The largest absolute Gasteiger partial charge is 0.489 e. The molecule has 1 heterocycles. The molecule has 5 heteroatoms. The summed E-state index contributed by atoms with van der Waals surface area (Å²) < 4.78 is 5.77. The van der Waals surface area contributed by atoms with E-state index in [-0.39, 0.29) is 5.91 Å². The number of benzene rings is 2. The SMILES string of the molecule is Cc1ccc(COc2ccc(/C=N\NC(=O)c3cccnc3)cc2)cc1. The van der Waals surface area contributed by atoms with Gasteiger partial charge in [-0.25, -0.2) is 5.43 Å². The summed E-state index contributed by atoms with van der Waals surface area (Å²) in [6.07, 6.45) is 4.69. The Morgan fingerprint density at radius 2 is 1.88 bits per heavy atom. The van der Waals surface area contributed by atoms with Crippen LogP contribution in [-0.4, -0.2) is 17.1 Å². The molecule has 1 amide bonds. The van der Waals surface area contributed by atoms with Crippen molar-refractivity contribution in [2.75, 3.05) is 0 Å². The highest BCUT2D eigenvalue weighted by molar-refractivity contribution is 5.94. The van der Waals surface area contributed by atoms with Crippen molar-refractivity contribution in [3.8, 4) is 5.75 Å². The van der Waals surface area contributed by atoms with Gasteiger partial charge in [0.05, 0.1) is 11.8 Å². The van der Waals surface area contributed by atoms with Gasteiger partial charge in [0, 0.05) is 12.4 Å². The van der Waals surface area contributed by atoms with Crippen molar-refractivity contribution >= 4 is 12.1 Å². The van der Waals surface area contributed by atoms with Gasteiger partial charge in [-0.05, 0) is 54.4 Å². The van der Waals surface area contributed by atoms with E-state index in [1.165, 1.54) is 11.8 Å². The van der Waals surface area contributed by atoms with Crippen LogP contribution in [0.2, 0.25) is 0 Å². The maximum atomic E-state index is 11.8. The van der Waals surface area contributed by atoms with Crippen molar-refractivity contribution in [3.63, 3.8) is 0 Å². The molecule has 26 heavy (non-hydrogen) atoms. The van der Waals surface area contributed by atoms with E-state index in [9.17, 15) is 4.79 Å². The summed E-state index contributed by atoms with van der Waals surface area (Å²) in [5, 5.41) is 3.96. The summed E-state index contributed by atoms with van der Waals surface area (Å²) in [6.45, 7) is 2.58. The van der Waals surface area contributed by atoms with Crippen LogP contribution in [0.5, 0.6) is 5.75 Å². The average molecular weight is 345 g/mol.